The van der Waals surface area contributed by atoms with Crippen molar-refractivity contribution in [2.45, 2.75) is 174 Å². The van der Waals surface area contributed by atoms with Crippen molar-refractivity contribution < 1.29 is 86.5 Å². The number of fused-ring (bicyclic) bond motifs is 3. The summed E-state index contributed by atoms with van der Waals surface area (Å²) in [6, 6.07) is 18.4. The number of ketones is 2. The van der Waals surface area contributed by atoms with Gasteiger partial charge in [0.05, 0.1) is 70.8 Å². The van der Waals surface area contributed by atoms with E-state index in [2.05, 4.69) is 77.6 Å². The van der Waals surface area contributed by atoms with E-state index in [1.807, 2.05) is 70.5 Å². The smallest absolute Gasteiger partial charge is 0.416 e. The normalized spacial score (nSPS) is 18.7. The van der Waals surface area contributed by atoms with Crippen LogP contribution >= 0.6 is 11.3 Å². The van der Waals surface area contributed by atoms with Gasteiger partial charge in [0.1, 0.15) is 49.0 Å². The Morgan fingerprint density at radius 3 is 2.14 bits per heavy atom. The van der Waals surface area contributed by atoms with E-state index in [-0.39, 0.29) is 131 Å². The topological polar surface area (TPSA) is 476 Å². The number of phenolic OH excluding ortho intramolecular Hbond substituents is 1. The number of ether oxygens (including phenoxy) is 3. The number of β-amino-alcohol motifs (C(OH)–C–C–N with tert-alkyl or cyclic N) is 1. The van der Waals surface area contributed by atoms with Crippen molar-refractivity contribution in [3.05, 3.63) is 125 Å². The van der Waals surface area contributed by atoms with Gasteiger partial charge in [-0.25, -0.2) is 14.6 Å². The number of carbonyl (C=O) groups is 12. The molecule has 37 heteroatoms. The summed E-state index contributed by atoms with van der Waals surface area (Å²) in [6.07, 6.45) is 1.35. The zero-order chi connectivity index (χ0) is 87.4. The fraction of sp³-hybridized carbons (Fsp3) is 0.506. The number of hydrogen-bond donors (Lipinski definition) is 11. The van der Waals surface area contributed by atoms with Crippen molar-refractivity contribution in [2.24, 2.45) is 23.5 Å². The van der Waals surface area contributed by atoms with Crippen LogP contribution in [-0.2, 0) is 64.0 Å². The molecule has 3 aromatic carbocycles. The highest BCUT2D eigenvalue weighted by Gasteiger charge is 2.47. The Balaban J connectivity index is 0.672. The van der Waals surface area contributed by atoms with E-state index in [0.29, 0.717) is 60.2 Å². The van der Waals surface area contributed by atoms with Gasteiger partial charge >= 0.3 is 12.1 Å². The van der Waals surface area contributed by atoms with E-state index >= 15 is 0 Å². The van der Waals surface area contributed by atoms with Gasteiger partial charge in [0.15, 0.2) is 23.1 Å². The van der Waals surface area contributed by atoms with Gasteiger partial charge in [-0.3, -0.25) is 62.6 Å². The molecule has 11 rings (SSSR count). The van der Waals surface area contributed by atoms with Gasteiger partial charge in [-0.2, -0.15) is 0 Å². The molecule has 36 nitrogen and oxygen atoms in total. The van der Waals surface area contributed by atoms with Gasteiger partial charge < -0.3 is 87.0 Å². The molecular formula is C85H110N18O18S. The van der Waals surface area contributed by atoms with Crippen molar-refractivity contribution in [1.82, 2.24) is 72.3 Å². The number of amides is 11. The molecule has 3 saturated heterocycles. The van der Waals surface area contributed by atoms with E-state index in [1.54, 1.807) is 79.8 Å². The number of piperidine rings is 1. The van der Waals surface area contributed by atoms with Crippen LogP contribution in [0.15, 0.2) is 107 Å². The number of nitrogens with zero attached hydrogens (tertiary/aromatic N) is 9. The second-order valence-electron chi connectivity index (χ2n) is 32.0. The number of nitrogens with one attached hydrogen (secondary N) is 8. The number of thiazole rings is 1. The lowest BCUT2D eigenvalue weighted by atomic mass is 9.91. The quantitative estimate of drug-likeness (QED) is 0.0185. The van der Waals surface area contributed by atoms with Crippen molar-refractivity contribution in [3.8, 4) is 33.3 Å². The molecule has 3 aromatic heterocycles. The molecule has 6 aromatic rings. The molecule has 654 valence electrons. The minimum atomic E-state index is -1.33. The Kier molecular flexibility index (Phi) is 31.8. The van der Waals surface area contributed by atoms with Crippen LogP contribution in [0.4, 0.5) is 26.8 Å². The molecule has 0 saturated carbocycles. The average Bonchev–Trinajstić information content (AvgIpc) is 0.743. The lowest BCUT2D eigenvalue weighted by molar-refractivity contribution is -0.141. The van der Waals surface area contributed by atoms with Gasteiger partial charge in [0, 0.05) is 102 Å². The molecule has 122 heavy (non-hydrogen) atoms. The van der Waals surface area contributed by atoms with Crippen molar-refractivity contribution in [1.29, 1.82) is 0 Å². The summed E-state index contributed by atoms with van der Waals surface area (Å²) in [7, 11) is 0. The molecule has 0 bridgehead atoms. The summed E-state index contributed by atoms with van der Waals surface area (Å²) in [5.41, 5.74) is 12.4. The second-order valence-corrected chi connectivity index (χ2v) is 32.9. The number of anilines is 3. The molecule has 0 unspecified atom stereocenters. The Hall–Kier alpha value is -11.8. The van der Waals surface area contributed by atoms with Crippen LogP contribution in [0.1, 0.15) is 134 Å². The van der Waals surface area contributed by atoms with Crippen LogP contribution in [0.5, 0.6) is 11.6 Å². The maximum Gasteiger partial charge on any atom is 0.416 e. The first-order valence-electron chi connectivity index (χ1n) is 41.4. The fourth-order valence-electron chi connectivity index (χ4n) is 15.9. The van der Waals surface area contributed by atoms with Crippen LogP contribution < -0.4 is 62.8 Å². The average molecular weight is 1700 g/mol. The SMILES string of the molecule is CC(=O)NCCOCCNC(=O)[C@@H](CCC(=O)N[C@H](C(=O)N[C@@H](CCCNC(N)=O)C(=O)Nc1ccc(COC(=O)N2c3nnc(-c4ccccc4O)cc3N3CCN(C4CCN(CCOc5cc([C@H](C(=O)N6C[C@H](O)C[C@H]6C(=O)N[C@@H](C)c6ccc(-c7scnc7C)cc6)C(C)C)on5)CC4)C[C@H]3[C@@H]2C)cc1)C(C)C)NC(=O)CC1C(=O)C=CC1=O. The van der Waals surface area contributed by atoms with Gasteiger partial charge in [-0.05, 0) is 142 Å². The third kappa shape index (κ3) is 23.9. The molecule has 0 spiro atoms. The van der Waals surface area contributed by atoms with Crippen LogP contribution in [0.2, 0.25) is 0 Å². The molecule has 3 fully saturated rings. The summed E-state index contributed by atoms with van der Waals surface area (Å²) in [5.74, 6) is -7.71. The monoisotopic (exact) mass is 1700 g/mol. The van der Waals surface area contributed by atoms with Gasteiger partial charge in [-0.1, -0.05) is 76.2 Å². The van der Waals surface area contributed by atoms with E-state index < -0.39 is 120 Å². The number of benzene rings is 3. The van der Waals surface area contributed by atoms with E-state index in [1.165, 1.54) is 16.7 Å². The lowest BCUT2D eigenvalue weighted by Crippen LogP contribution is -2.66. The first kappa shape index (κ1) is 91.0. The second kappa shape index (κ2) is 42.6. The predicted octanol–water partition coefficient (Wildman–Crippen LogP) is 4.69. The van der Waals surface area contributed by atoms with Crippen LogP contribution in [0.3, 0.4) is 0 Å². The summed E-state index contributed by atoms with van der Waals surface area (Å²) in [4.78, 5) is 175. The molecule has 1 aliphatic carbocycles. The number of nitrogens with two attached hydrogens (primary N) is 1. The van der Waals surface area contributed by atoms with Crippen molar-refractivity contribution in [3.63, 3.8) is 0 Å². The number of aliphatic hydroxyl groups is 1. The highest BCUT2D eigenvalue weighted by atomic mass is 32.1. The number of urea groups is 1. The Bertz CT molecular complexity index is 4730. The number of hydrogen-bond acceptors (Lipinski definition) is 26. The lowest BCUT2D eigenvalue weighted by Gasteiger charge is -2.53. The first-order chi connectivity index (χ1) is 58.5. The number of rotatable bonds is 38. The molecule has 4 aliphatic heterocycles. The Morgan fingerprint density at radius 2 is 1.46 bits per heavy atom. The number of aromatic hydroxyl groups is 1. The molecule has 5 aliphatic rings. The summed E-state index contributed by atoms with van der Waals surface area (Å²) >= 11 is 1.56. The summed E-state index contributed by atoms with van der Waals surface area (Å²) in [5, 5.41) is 56.7. The largest absolute Gasteiger partial charge is 0.507 e. The maximum absolute atomic E-state index is 14.7. The Morgan fingerprint density at radius 1 is 0.746 bits per heavy atom. The number of aromatic nitrogens is 4. The molecule has 11 amide bonds. The Labute approximate surface area is 710 Å². The minimum absolute atomic E-state index is 0.00149. The van der Waals surface area contributed by atoms with Crippen LogP contribution in [0, 0.1) is 24.7 Å². The number of phenols is 1. The zero-order valence-corrected chi connectivity index (χ0v) is 70.6. The third-order valence-corrected chi connectivity index (χ3v) is 23.6. The third-order valence-electron chi connectivity index (χ3n) is 22.6. The number of para-hydroxylation sites is 1. The number of aryl methyl sites for hydroxylation is 1. The molecule has 9 atom stereocenters. The van der Waals surface area contributed by atoms with E-state index in [4.69, 9.17) is 24.5 Å². The fourth-order valence-corrected chi connectivity index (χ4v) is 16.7. The molecule has 12 N–H and O–H groups in total. The number of piperazine rings is 1. The summed E-state index contributed by atoms with van der Waals surface area (Å²) < 4.78 is 23.5. The maximum atomic E-state index is 14.7. The predicted molar refractivity (Wildman–Crippen MR) is 450 cm³/mol. The van der Waals surface area contributed by atoms with Crippen molar-refractivity contribution in [2.75, 3.05) is 100 Å². The number of carbonyl (C=O) groups excluding carboxylic acids is 12. The molecular weight excluding hydrogens is 1590 g/mol. The highest BCUT2D eigenvalue weighted by Crippen LogP contribution is 2.43. The standard InChI is InChI=1S/C85H110N18O18S/c1-48(2)75(83(115)102-44-59(105)40-66(102)81(113)91-50(5)55-17-19-56(20-18-55)77-51(6)90-47-122-77)71-43-74(98-121-71)119-39-36-99-32-27-58(28-33-99)100-34-35-101-65-42-64(60-12-9-10-14-68(60)106)96-97-78(65)103(52(7)67(101)45-100)85(117)120-46-54-15-21-57(22-16-54)92-80(112)62(13-11-29-89-84(86)116)94-82(114)76(49(3)4)95-72(109)26-23-63(79(111)88-31-38-118-37-30-87-53(8)104)93-73(110)41-61-69(107)24-25-70(61)108/h9-10,12,14-22,24-25,42-43,47-50,52,58-59,61-63,66-67,75-76,105-106H,11,13,23,26-41,44-46H2,1-8H3,(H,87,104)(H,88,111)(H,91,113)(H,92,112)(H,93,110)(H,94,114)(H,95,109)(H3,86,89,116)/t50-,52-,59+,62-,63+,66-,67-,75+,76-/m0/s1. The molecule has 7 heterocycles. The van der Waals surface area contributed by atoms with Gasteiger partial charge in [-0.15, -0.1) is 21.5 Å². The highest BCUT2D eigenvalue weighted by molar-refractivity contribution is 7.13. The van der Waals surface area contributed by atoms with Crippen LogP contribution in [0.25, 0.3) is 21.7 Å². The number of aliphatic hydroxyl groups excluding tert-OH is 1. The number of allylic oxidation sites excluding steroid dienone is 2. The van der Waals surface area contributed by atoms with E-state index in [9.17, 15) is 67.7 Å². The number of likely N-dealkylation sites (tertiary alicyclic amines) is 2. The van der Waals surface area contributed by atoms with E-state index in [0.717, 1.165) is 66.3 Å². The molecule has 0 radical (unpaired) electrons. The zero-order valence-electron chi connectivity index (χ0n) is 69.8. The first-order valence-corrected chi connectivity index (χ1v) is 42.3. The minimum Gasteiger partial charge on any atom is -0.507 e. The number of primary amides is 1. The van der Waals surface area contributed by atoms with Crippen molar-refractivity contribution >= 4 is 99.5 Å². The van der Waals surface area contributed by atoms with Gasteiger partial charge in [0.2, 0.25) is 47.3 Å². The summed E-state index contributed by atoms with van der Waals surface area (Å²) in [6.45, 7) is 18.9. The van der Waals surface area contributed by atoms with Crippen LogP contribution in [-0.4, -0.2) is 250 Å². The van der Waals surface area contributed by atoms with Gasteiger partial charge in [0.25, 0.3) is 5.88 Å².